The Morgan fingerprint density at radius 2 is 1.31 bits per heavy atom. The third-order valence-electron chi connectivity index (χ3n) is 13.0. The number of ether oxygens (including phenoxy) is 1. The van der Waals surface area contributed by atoms with Gasteiger partial charge in [0.05, 0.1) is 28.1 Å². The van der Waals surface area contributed by atoms with E-state index < -0.39 is 8.07 Å². The van der Waals surface area contributed by atoms with Gasteiger partial charge in [-0.1, -0.05) is 136 Å². The summed E-state index contributed by atoms with van der Waals surface area (Å²) in [5.74, 6) is 2.46. The molecule has 298 valence electrons. The minimum absolute atomic E-state index is 0.00295. The first-order valence-corrected chi connectivity index (χ1v) is 24.3. The molecule has 2 aliphatic rings. The van der Waals surface area contributed by atoms with Gasteiger partial charge >= 0.3 is 0 Å². The zero-order valence-electron chi connectivity index (χ0n) is 35.6. The van der Waals surface area contributed by atoms with Gasteiger partial charge in [-0.2, -0.15) is 0 Å². The number of aromatic nitrogens is 2. The second kappa shape index (κ2) is 13.8. The Balaban J connectivity index is 0.996. The van der Waals surface area contributed by atoms with Crippen molar-refractivity contribution in [1.82, 2.24) is 9.55 Å². The number of anilines is 4. The van der Waals surface area contributed by atoms with E-state index in [9.17, 15) is 0 Å². The number of fused-ring (bicyclic) bond motifs is 7. The molecule has 0 aliphatic carbocycles. The van der Waals surface area contributed by atoms with Crippen LogP contribution in [0.5, 0.6) is 11.5 Å². The van der Waals surface area contributed by atoms with E-state index in [1.807, 2.05) is 6.20 Å². The van der Waals surface area contributed by atoms with Crippen molar-refractivity contribution in [2.24, 2.45) is 0 Å². The fourth-order valence-electron chi connectivity index (χ4n) is 9.77. The summed E-state index contributed by atoms with van der Waals surface area (Å²) in [7, 11) is -1.94. The van der Waals surface area contributed by atoms with Crippen molar-refractivity contribution < 1.29 is 4.74 Å². The topological polar surface area (TPSA) is 33.5 Å². The van der Waals surface area contributed by atoms with Crippen molar-refractivity contribution in [2.45, 2.75) is 46.2 Å². The van der Waals surface area contributed by atoms with Crippen LogP contribution in [0, 0.1) is 6.92 Å². The quantitative estimate of drug-likeness (QED) is 0.157. The van der Waals surface area contributed by atoms with E-state index in [0.29, 0.717) is 6.67 Å². The third kappa shape index (κ3) is 6.00. The first-order valence-electron chi connectivity index (χ1n) is 21.3. The van der Waals surface area contributed by atoms with Crippen LogP contribution in [0.25, 0.3) is 49.9 Å². The lowest BCUT2D eigenvalue weighted by Crippen LogP contribution is -2.49. The minimum Gasteiger partial charge on any atom is -0.457 e. The SMILES string of the molecule is Cc1ccc(-c2ccc3c(c2N2CN(c4cccc(Oc5ccc6c7ccccc7n(-c7cc(C(C)(C)C)ccn7)c6c5)c4)c4ccccc42)-c2ccccc2[Si]3(C)C)cc1. The van der Waals surface area contributed by atoms with Gasteiger partial charge in [0.25, 0.3) is 0 Å². The van der Waals surface area contributed by atoms with Crippen LogP contribution >= 0.6 is 0 Å². The van der Waals surface area contributed by atoms with Gasteiger partial charge < -0.3 is 14.5 Å². The summed E-state index contributed by atoms with van der Waals surface area (Å²) >= 11 is 0. The monoisotopic (exact) mass is 808 g/mol. The van der Waals surface area contributed by atoms with Gasteiger partial charge in [0, 0.05) is 45.9 Å². The molecule has 0 spiro atoms. The van der Waals surface area contributed by atoms with Crippen molar-refractivity contribution in [2.75, 3.05) is 16.5 Å². The molecule has 0 saturated heterocycles. The van der Waals surface area contributed by atoms with Gasteiger partial charge in [0.2, 0.25) is 0 Å². The van der Waals surface area contributed by atoms with Crippen LogP contribution in [0.2, 0.25) is 13.1 Å². The molecule has 7 aromatic carbocycles. The summed E-state index contributed by atoms with van der Waals surface area (Å²) < 4.78 is 9.06. The van der Waals surface area contributed by atoms with Crippen LogP contribution in [0.15, 0.2) is 170 Å². The van der Waals surface area contributed by atoms with Crippen LogP contribution in [0.4, 0.5) is 22.7 Å². The Labute approximate surface area is 359 Å². The van der Waals surface area contributed by atoms with Crippen LogP contribution in [0.3, 0.4) is 0 Å². The van der Waals surface area contributed by atoms with E-state index in [1.165, 1.54) is 71.6 Å². The second-order valence-corrected chi connectivity index (χ2v) is 22.5. The lowest BCUT2D eigenvalue weighted by atomic mass is 9.88. The molecule has 4 heterocycles. The summed E-state index contributed by atoms with van der Waals surface area (Å²) in [4.78, 5) is 9.87. The number of aryl methyl sites for hydroxylation is 1. The molecular weight excluding hydrogens is 761 g/mol. The molecule has 0 atom stereocenters. The zero-order valence-corrected chi connectivity index (χ0v) is 36.6. The average molecular weight is 809 g/mol. The van der Waals surface area contributed by atoms with Crippen molar-refractivity contribution in [3.8, 4) is 39.6 Å². The molecule has 0 bridgehead atoms. The third-order valence-corrected chi connectivity index (χ3v) is 16.5. The van der Waals surface area contributed by atoms with E-state index in [4.69, 9.17) is 9.72 Å². The summed E-state index contributed by atoms with van der Waals surface area (Å²) in [6.07, 6.45) is 1.93. The molecule has 9 aromatic rings. The molecule has 5 nitrogen and oxygen atoms in total. The standard InChI is InChI=1S/C55H48N4OSi/c1-36-22-24-37(25-23-36)42-28-29-51-53(45-17-8-12-21-50(45)61(51,5)6)54(42)58-35-57(47-19-10-11-20-48(47)58)39-14-13-15-40(33-39)60-41-26-27-44-43-16-7-9-18-46(43)59(49(44)34-41)52-32-38(30-31-56-52)55(2,3)4/h7-34H,35H2,1-6H3. The molecule has 0 saturated carbocycles. The van der Waals surface area contributed by atoms with E-state index in [0.717, 1.165) is 34.0 Å². The number of hydrogen-bond acceptors (Lipinski definition) is 4. The second-order valence-electron chi connectivity index (χ2n) is 18.2. The Kier molecular flexibility index (Phi) is 8.42. The number of nitrogens with zero attached hydrogens (tertiary/aromatic N) is 4. The van der Waals surface area contributed by atoms with Crippen molar-refractivity contribution in [1.29, 1.82) is 0 Å². The predicted octanol–water partition coefficient (Wildman–Crippen LogP) is 13.3. The summed E-state index contributed by atoms with van der Waals surface area (Å²) in [6, 6.07) is 59.7. The molecule has 0 N–H and O–H groups in total. The normalized spacial score (nSPS) is 14.1. The molecule has 2 aliphatic heterocycles. The number of para-hydroxylation sites is 3. The summed E-state index contributed by atoms with van der Waals surface area (Å²) in [5, 5.41) is 5.36. The number of benzene rings is 7. The molecule has 6 heteroatoms. The molecule has 0 radical (unpaired) electrons. The minimum atomic E-state index is -1.94. The number of hydrogen-bond donors (Lipinski definition) is 0. The fourth-order valence-corrected chi connectivity index (χ4v) is 12.8. The first kappa shape index (κ1) is 37.1. The van der Waals surface area contributed by atoms with Crippen molar-refractivity contribution in [3.05, 3.63) is 181 Å². The van der Waals surface area contributed by atoms with Gasteiger partial charge in [0.1, 0.15) is 32.1 Å². The van der Waals surface area contributed by atoms with Crippen LogP contribution in [-0.4, -0.2) is 24.3 Å². The maximum absolute atomic E-state index is 6.79. The van der Waals surface area contributed by atoms with E-state index in [2.05, 4.69) is 219 Å². The van der Waals surface area contributed by atoms with E-state index in [-0.39, 0.29) is 5.41 Å². The smallest absolute Gasteiger partial charge is 0.137 e. The lowest BCUT2D eigenvalue weighted by Gasteiger charge is -2.28. The van der Waals surface area contributed by atoms with Gasteiger partial charge in [-0.15, -0.1) is 0 Å². The Hall–Kier alpha value is -6.89. The van der Waals surface area contributed by atoms with Gasteiger partial charge in [-0.05, 0) is 94.0 Å². The van der Waals surface area contributed by atoms with Crippen molar-refractivity contribution in [3.63, 3.8) is 0 Å². The highest BCUT2D eigenvalue weighted by atomic mass is 28.3. The lowest BCUT2D eigenvalue weighted by molar-refractivity contribution is 0.483. The first-order chi connectivity index (χ1) is 29.5. The van der Waals surface area contributed by atoms with Gasteiger partial charge in [-0.3, -0.25) is 4.57 Å². The van der Waals surface area contributed by atoms with Gasteiger partial charge in [0.15, 0.2) is 0 Å². The molecule has 0 unspecified atom stereocenters. The number of rotatable bonds is 6. The highest BCUT2D eigenvalue weighted by Gasteiger charge is 2.42. The summed E-state index contributed by atoms with van der Waals surface area (Å²) in [6.45, 7) is 14.6. The Bertz CT molecular complexity index is 3190. The molecule has 0 amide bonds. The maximum atomic E-state index is 6.79. The Morgan fingerprint density at radius 1 is 0.590 bits per heavy atom. The van der Waals surface area contributed by atoms with Gasteiger partial charge in [-0.25, -0.2) is 4.98 Å². The van der Waals surface area contributed by atoms with E-state index in [1.54, 1.807) is 0 Å². The van der Waals surface area contributed by atoms with Crippen LogP contribution in [0.1, 0.15) is 31.9 Å². The van der Waals surface area contributed by atoms with Crippen LogP contribution in [-0.2, 0) is 5.41 Å². The zero-order chi connectivity index (χ0) is 41.6. The molecular formula is C55H48N4OSi. The predicted molar refractivity (Wildman–Crippen MR) is 258 cm³/mol. The highest BCUT2D eigenvalue weighted by molar-refractivity contribution is 7.04. The molecule has 11 rings (SSSR count). The summed E-state index contributed by atoms with van der Waals surface area (Å²) in [5.41, 5.74) is 14.6. The highest BCUT2D eigenvalue weighted by Crippen LogP contribution is 2.51. The average Bonchev–Trinajstić information content (AvgIpc) is 3.89. The van der Waals surface area contributed by atoms with Crippen molar-refractivity contribution >= 4 is 63.0 Å². The van der Waals surface area contributed by atoms with E-state index >= 15 is 0 Å². The largest absolute Gasteiger partial charge is 0.457 e. The molecule has 2 aromatic heterocycles. The fraction of sp³-hybridized carbons (Fsp3) is 0.145. The Morgan fingerprint density at radius 3 is 2.13 bits per heavy atom. The maximum Gasteiger partial charge on any atom is 0.137 e. The molecule has 61 heavy (non-hydrogen) atoms. The molecule has 0 fully saturated rings. The van der Waals surface area contributed by atoms with Crippen LogP contribution < -0.4 is 24.9 Å². The number of pyridine rings is 1.